The normalized spacial score (nSPS) is 8.42. The first-order chi connectivity index (χ1) is 5.83. The zero-order valence-corrected chi connectivity index (χ0v) is 6.87. The number of carbonyl (C=O) groups is 1. The predicted octanol–water partition coefficient (Wildman–Crippen LogP) is 1.33. The molecule has 60 valence electrons. The molecule has 1 aromatic heterocycles. The number of hydrogen-bond donors (Lipinski definition) is 0. The van der Waals surface area contributed by atoms with Gasteiger partial charge in [0.2, 0.25) is 0 Å². The van der Waals surface area contributed by atoms with E-state index in [0.29, 0.717) is 6.42 Å². The molecule has 0 aliphatic carbocycles. The highest BCUT2D eigenvalue weighted by Gasteiger charge is 1.86. The highest BCUT2D eigenvalue weighted by molar-refractivity contribution is 5.54. The summed E-state index contributed by atoms with van der Waals surface area (Å²) < 4.78 is 0. The van der Waals surface area contributed by atoms with Crippen LogP contribution < -0.4 is 0 Å². The molecule has 0 aliphatic heterocycles. The summed E-state index contributed by atoms with van der Waals surface area (Å²) >= 11 is 0. The van der Waals surface area contributed by atoms with Crippen LogP contribution in [0.5, 0.6) is 0 Å². The number of rotatable bonds is 1. The van der Waals surface area contributed by atoms with Gasteiger partial charge in [0.1, 0.15) is 6.29 Å². The van der Waals surface area contributed by atoms with Crippen molar-refractivity contribution in [1.29, 1.82) is 0 Å². The third-order valence-corrected chi connectivity index (χ3v) is 1.31. The van der Waals surface area contributed by atoms with E-state index in [1.165, 1.54) is 0 Å². The summed E-state index contributed by atoms with van der Waals surface area (Å²) in [7, 11) is 0. The Labute approximate surface area is 71.6 Å². The Hall–Kier alpha value is -1.62. The lowest BCUT2D eigenvalue weighted by atomic mass is 10.2. The molecule has 0 amide bonds. The van der Waals surface area contributed by atoms with Crippen molar-refractivity contribution >= 4 is 6.29 Å². The van der Waals surface area contributed by atoms with Gasteiger partial charge in [0.15, 0.2) is 0 Å². The molecule has 0 saturated heterocycles. The van der Waals surface area contributed by atoms with Crippen LogP contribution in [0.25, 0.3) is 0 Å². The summed E-state index contributed by atoms with van der Waals surface area (Å²) in [6.07, 6.45) is 2.79. The molecule has 2 nitrogen and oxygen atoms in total. The van der Waals surface area contributed by atoms with Crippen LogP contribution in [0.3, 0.4) is 0 Å². The van der Waals surface area contributed by atoms with Crippen LogP contribution in [-0.4, -0.2) is 11.3 Å². The van der Waals surface area contributed by atoms with Gasteiger partial charge in [-0.05, 0) is 19.1 Å². The number of aryl methyl sites for hydroxylation is 1. The lowest BCUT2D eigenvalue weighted by molar-refractivity contribution is -0.107. The second-order valence-corrected chi connectivity index (χ2v) is 2.36. The molecule has 0 saturated carbocycles. The topological polar surface area (TPSA) is 30.0 Å². The average molecular weight is 159 g/mol. The molecule has 0 N–H and O–H groups in total. The zero-order chi connectivity index (χ0) is 8.81. The van der Waals surface area contributed by atoms with E-state index in [1.807, 2.05) is 19.1 Å². The van der Waals surface area contributed by atoms with Crippen LogP contribution in [0.15, 0.2) is 18.3 Å². The molecule has 0 radical (unpaired) electrons. The van der Waals surface area contributed by atoms with E-state index in [1.54, 1.807) is 6.20 Å². The van der Waals surface area contributed by atoms with Gasteiger partial charge in [0, 0.05) is 17.5 Å². The molecule has 1 heterocycles. The molecule has 0 aliphatic rings. The lowest BCUT2D eigenvalue weighted by Crippen LogP contribution is -1.81. The van der Waals surface area contributed by atoms with Gasteiger partial charge in [-0.25, -0.2) is 0 Å². The van der Waals surface area contributed by atoms with Crippen molar-refractivity contribution < 1.29 is 4.79 Å². The van der Waals surface area contributed by atoms with Crippen molar-refractivity contribution in [2.24, 2.45) is 0 Å². The zero-order valence-electron chi connectivity index (χ0n) is 6.87. The van der Waals surface area contributed by atoms with Gasteiger partial charge in [-0.2, -0.15) is 0 Å². The Morgan fingerprint density at radius 2 is 2.50 bits per heavy atom. The minimum Gasteiger partial charge on any atom is -0.302 e. The number of aromatic nitrogens is 1. The van der Waals surface area contributed by atoms with E-state index in [4.69, 9.17) is 0 Å². The molecule has 0 spiro atoms. The molecule has 0 atom stereocenters. The van der Waals surface area contributed by atoms with E-state index < -0.39 is 0 Å². The summed E-state index contributed by atoms with van der Waals surface area (Å²) in [4.78, 5) is 14.0. The van der Waals surface area contributed by atoms with Crippen molar-refractivity contribution in [3.63, 3.8) is 0 Å². The van der Waals surface area contributed by atoms with Gasteiger partial charge in [0.05, 0.1) is 6.42 Å². The second-order valence-electron chi connectivity index (χ2n) is 2.36. The minimum atomic E-state index is 0.293. The first kappa shape index (κ1) is 8.48. The smallest absolute Gasteiger partial charge is 0.131 e. The molecular weight excluding hydrogens is 150 g/mol. The highest BCUT2D eigenvalue weighted by atomic mass is 16.1. The number of aldehydes is 1. The van der Waals surface area contributed by atoms with Crippen LogP contribution in [0.1, 0.15) is 17.7 Å². The van der Waals surface area contributed by atoms with E-state index in [0.717, 1.165) is 17.5 Å². The monoisotopic (exact) mass is 159 g/mol. The SMILES string of the molecule is Cc1cc(C#CCC=O)ccn1. The fourth-order valence-corrected chi connectivity index (χ4v) is 0.818. The van der Waals surface area contributed by atoms with Gasteiger partial charge in [0.25, 0.3) is 0 Å². The maximum atomic E-state index is 9.95. The van der Waals surface area contributed by atoms with E-state index in [2.05, 4.69) is 16.8 Å². The average Bonchev–Trinajstić information content (AvgIpc) is 2.05. The number of pyridine rings is 1. The van der Waals surface area contributed by atoms with Crippen molar-refractivity contribution in [3.05, 3.63) is 29.6 Å². The number of hydrogen-bond acceptors (Lipinski definition) is 2. The Balaban J connectivity index is 2.77. The number of carbonyl (C=O) groups excluding carboxylic acids is 1. The molecule has 1 aromatic rings. The standard InChI is InChI=1S/C10H9NO/c1-9-8-10(5-6-11-9)4-2-3-7-12/h5-8H,3H2,1H3. The lowest BCUT2D eigenvalue weighted by Gasteiger charge is -1.90. The third kappa shape index (κ3) is 2.55. The maximum Gasteiger partial charge on any atom is 0.131 e. The van der Waals surface area contributed by atoms with Crippen LogP contribution in [0.4, 0.5) is 0 Å². The Kier molecular flexibility index (Phi) is 3.04. The molecule has 0 bridgehead atoms. The highest BCUT2D eigenvalue weighted by Crippen LogP contribution is 1.97. The van der Waals surface area contributed by atoms with Crippen LogP contribution in [0.2, 0.25) is 0 Å². The molecule has 0 fully saturated rings. The largest absolute Gasteiger partial charge is 0.302 e. The molecule has 0 aromatic carbocycles. The van der Waals surface area contributed by atoms with Gasteiger partial charge >= 0.3 is 0 Å². The van der Waals surface area contributed by atoms with Crippen molar-refractivity contribution in [2.45, 2.75) is 13.3 Å². The van der Waals surface area contributed by atoms with Crippen molar-refractivity contribution in [1.82, 2.24) is 4.98 Å². The molecule has 1 rings (SSSR count). The van der Waals surface area contributed by atoms with Gasteiger partial charge < -0.3 is 4.79 Å². The third-order valence-electron chi connectivity index (χ3n) is 1.31. The van der Waals surface area contributed by atoms with Crippen LogP contribution in [-0.2, 0) is 4.79 Å². The summed E-state index contributed by atoms with van der Waals surface area (Å²) in [6.45, 7) is 1.91. The maximum absolute atomic E-state index is 9.95. The Bertz CT molecular complexity index is 333. The van der Waals surface area contributed by atoms with Gasteiger partial charge in [-0.15, -0.1) is 0 Å². The first-order valence-corrected chi connectivity index (χ1v) is 3.68. The second kappa shape index (κ2) is 4.30. The molecule has 2 heteroatoms. The van der Waals surface area contributed by atoms with Gasteiger partial charge in [-0.1, -0.05) is 11.8 Å². The molecule has 0 unspecified atom stereocenters. The van der Waals surface area contributed by atoms with Crippen molar-refractivity contribution in [2.75, 3.05) is 0 Å². The summed E-state index contributed by atoms with van der Waals surface area (Å²) in [6, 6.07) is 3.71. The number of nitrogens with zero attached hydrogens (tertiary/aromatic N) is 1. The quantitative estimate of drug-likeness (QED) is 0.457. The van der Waals surface area contributed by atoms with E-state index >= 15 is 0 Å². The summed E-state index contributed by atoms with van der Waals surface area (Å²) in [5, 5.41) is 0. The minimum absolute atomic E-state index is 0.293. The first-order valence-electron chi connectivity index (χ1n) is 3.68. The van der Waals surface area contributed by atoms with Gasteiger partial charge in [-0.3, -0.25) is 4.98 Å². The molecule has 12 heavy (non-hydrogen) atoms. The Morgan fingerprint density at radius 1 is 1.67 bits per heavy atom. The van der Waals surface area contributed by atoms with Crippen LogP contribution >= 0.6 is 0 Å². The van der Waals surface area contributed by atoms with E-state index in [9.17, 15) is 4.79 Å². The van der Waals surface area contributed by atoms with Crippen LogP contribution in [0, 0.1) is 18.8 Å². The fraction of sp³-hybridized carbons (Fsp3) is 0.200. The van der Waals surface area contributed by atoms with E-state index in [-0.39, 0.29) is 0 Å². The molecular formula is C10H9NO. The van der Waals surface area contributed by atoms with Crippen molar-refractivity contribution in [3.8, 4) is 11.8 Å². The summed E-state index contributed by atoms with van der Waals surface area (Å²) in [5.74, 6) is 5.60. The summed E-state index contributed by atoms with van der Waals surface area (Å²) in [5.41, 5.74) is 1.84. The fourth-order valence-electron chi connectivity index (χ4n) is 0.818. The predicted molar refractivity (Wildman–Crippen MR) is 46.5 cm³/mol. The Morgan fingerprint density at radius 3 is 3.17 bits per heavy atom.